The van der Waals surface area contributed by atoms with Crippen LogP contribution in [0.1, 0.15) is 11.1 Å². The number of carbonyl (C=O) groups is 1. The highest BCUT2D eigenvalue weighted by atomic mass is 16.2. The normalized spacial score (nSPS) is 13.0. The van der Waals surface area contributed by atoms with Crippen LogP contribution in [0, 0.1) is 0 Å². The number of rotatable bonds is 3. The summed E-state index contributed by atoms with van der Waals surface area (Å²) in [5.41, 5.74) is 10.9. The van der Waals surface area contributed by atoms with E-state index in [4.69, 9.17) is 5.73 Å². The Hall–Kier alpha value is -4.07. The third kappa shape index (κ3) is 3.10. The lowest BCUT2D eigenvalue weighted by Gasteiger charge is -2.23. The number of benzene rings is 2. The number of nitrogen functional groups attached to an aromatic ring is 1. The van der Waals surface area contributed by atoms with E-state index in [1.807, 2.05) is 48.5 Å². The Labute approximate surface area is 166 Å². The molecule has 8 nitrogen and oxygen atoms in total. The van der Waals surface area contributed by atoms with E-state index < -0.39 is 0 Å². The third-order valence-electron chi connectivity index (χ3n) is 4.94. The summed E-state index contributed by atoms with van der Waals surface area (Å²) in [5.74, 6) is 0.188. The van der Waals surface area contributed by atoms with Crippen LogP contribution in [0.5, 0.6) is 0 Å². The molecule has 5 rings (SSSR count). The predicted molar refractivity (Wildman–Crippen MR) is 108 cm³/mol. The Morgan fingerprint density at radius 1 is 1.07 bits per heavy atom. The third-order valence-corrected chi connectivity index (χ3v) is 4.94. The average Bonchev–Trinajstić information content (AvgIpc) is 3.25. The van der Waals surface area contributed by atoms with Gasteiger partial charge in [-0.3, -0.25) is 4.79 Å². The topological polar surface area (TPSA) is 103 Å². The highest BCUT2D eigenvalue weighted by molar-refractivity contribution is 6.01. The summed E-state index contributed by atoms with van der Waals surface area (Å²) in [6.07, 6.45) is 5.01. The highest BCUT2D eigenvalue weighted by Crippen LogP contribution is 2.36. The summed E-state index contributed by atoms with van der Waals surface area (Å²) in [7, 11) is 0. The molecule has 1 aliphatic heterocycles. The van der Waals surface area contributed by atoms with Gasteiger partial charge in [0.2, 0.25) is 11.9 Å². The van der Waals surface area contributed by atoms with Gasteiger partial charge >= 0.3 is 0 Å². The first-order valence-corrected chi connectivity index (χ1v) is 9.14. The summed E-state index contributed by atoms with van der Waals surface area (Å²) in [4.78, 5) is 27.3. The zero-order chi connectivity index (χ0) is 19.8. The Morgan fingerprint density at radius 2 is 1.90 bits per heavy atom. The number of para-hydroxylation sites is 1. The molecule has 0 unspecified atom stereocenters. The first-order valence-electron chi connectivity index (χ1n) is 9.14. The zero-order valence-corrected chi connectivity index (χ0v) is 15.4. The van der Waals surface area contributed by atoms with Crippen molar-refractivity contribution in [1.82, 2.24) is 24.7 Å². The van der Waals surface area contributed by atoms with Crippen molar-refractivity contribution in [3.8, 4) is 16.9 Å². The van der Waals surface area contributed by atoms with Crippen LogP contribution in [0.3, 0.4) is 0 Å². The van der Waals surface area contributed by atoms with E-state index in [2.05, 4.69) is 20.1 Å². The highest BCUT2D eigenvalue weighted by Gasteiger charge is 2.27. The van der Waals surface area contributed by atoms with Crippen molar-refractivity contribution in [2.45, 2.75) is 13.0 Å². The van der Waals surface area contributed by atoms with E-state index >= 15 is 0 Å². The molecule has 2 aromatic carbocycles. The van der Waals surface area contributed by atoms with Crippen LogP contribution < -0.4 is 10.6 Å². The van der Waals surface area contributed by atoms with Crippen LogP contribution in [0.2, 0.25) is 0 Å². The van der Waals surface area contributed by atoms with Crippen LogP contribution in [0.25, 0.3) is 16.9 Å². The molecule has 0 spiro atoms. The Bertz CT molecular complexity index is 1190. The average molecular weight is 383 g/mol. The minimum absolute atomic E-state index is 0.00933. The minimum atomic E-state index is -0.00933. The predicted octanol–water partition coefficient (Wildman–Crippen LogP) is 2.40. The summed E-state index contributed by atoms with van der Waals surface area (Å²) in [5, 5.41) is 4.13. The van der Waals surface area contributed by atoms with E-state index in [0.29, 0.717) is 12.2 Å². The summed E-state index contributed by atoms with van der Waals surface area (Å²) >= 11 is 0. The van der Waals surface area contributed by atoms with E-state index in [1.54, 1.807) is 22.1 Å². The molecule has 2 aromatic heterocycles. The van der Waals surface area contributed by atoms with Crippen molar-refractivity contribution in [3.63, 3.8) is 0 Å². The first kappa shape index (κ1) is 17.1. The number of aromatic nitrogens is 5. The minimum Gasteiger partial charge on any atom is -0.368 e. The number of amides is 1. The lowest BCUT2D eigenvalue weighted by Crippen LogP contribution is -2.31. The van der Waals surface area contributed by atoms with Crippen LogP contribution in [-0.4, -0.2) is 30.6 Å². The lowest BCUT2D eigenvalue weighted by atomic mass is 10.1. The molecule has 8 heteroatoms. The van der Waals surface area contributed by atoms with E-state index in [1.165, 1.54) is 6.33 Å². The van der Waals surface area contributed by atoms with Gasteiger partial charge in [-0.05, 0) is 23.8 Å². The van der Waals surface area contributed by atoms with Crippen molar-refractivity contribution < 1.29 is 4.79 Å². The van der Waals surface area contributed by atoms with Gasteiger partial charge in [-0.25, -0.2) is 19.6 Å². The lowest BCUT2D eigenvalue weighted by molar-refractivity contribution is -0.118. The smallest absolute Gasteiger partial charge is 0.231 e. The second-order valence-electron chi connectivity index (χ2n) is 6.78. The van der Waals surface area contributed by atoms with Gasteiger partial charge in [0.05, 0.1) is 30.0 Å². The van der Waals surface area contributed by atoms with Crippen molar-refractivity contribution >= 4 is 17.5 Å². The molecule has 4 aromatic rings. The molecule has 0 saturated carbocycles. The molecule has 1 aliphatic rings. The van der Waals surface area contributed by atoms with Crippen LogP contribution in [0.15, 0.2) is 67.4 Å². The van der Waals surface area contributed by atoms with Crippen molar-refractivity contribution in [2.24, 2.45) is 0 Å². The quantitative estimate of drug-likeness (QED) is 0.583. The Balaban J connectivity index is 1.52. The van der Waals surface area contributed by atoms with Gasteiger partial charge in [-0.15, -0.1) is 0 Å². The number of nitrogens with zero attached hydrogens (tertiary/aromatic N) is 6. The van der Waals surface area contributed by atoms with Crippen molar-refractivity contribution in [3.05, 3.63) is 78.5 Å². The molecule has 142 valence electrons. The fourth-order valence-electron chi connectivity index (χ4n) is 3.54. The molecule has 0 radical (unpaired) electrons. The maximum absolute atomic E-state index is 13.1. The van der Waals surface area contributed by atoms with Crippen LogP contribution in [0.4, 0.5) is 11.6 Å². The van der Waals surface area contributed by atoms with Gasteiger partial charge in [-0.1, -0.05) is 30.3 Å². The molecular weight excluding hydrogens is 366 g/mol. The maximum Gasteiger partial charge on any atom is 0.231 e. The zero-order valence-electron chi connectivity index (χ0n) is 15.4. The summed E-state index contributed by atoms with van der Waals surface area (Å²) in [6, 6.07) is 15.6. The fourth-order valence-corrected chi connectivity index (χ4v) is 3.54. The largest absolute Gasteiger partial charge is 0.368 e. The molecule has 0 bridgehead atoms. The number of hydrogen-bond acceptors (Lipinski definition) is 6. The van der Waals surface area contributed by atoms with Gasteiger partial charge in [0.25, 0.3) is 0 Å². The van der Waals surface area contributed by atoms with Crippen LogP contribution in [-0.2, 0) is 17.8 Å². The maximum atomic E-state index is 13.1. The van der Waals surface area contributed by atoms with Gasteiger partial charge in [-0.2, -0.15) is 5.10 Å². The Kier molecular flexibility index (Phi) is 4.02. The SMILES string of the molecule is Nc1ncc2c(n1)-c1ccccc1N(Cc1ccc(-n3cncn3)cc1)C(=O)C2. The van der Waals surface area contributed by atoms with E-state index in [0.717, 1.165) is 28.1 Å². The Morgan fingerprint density at radius 3 is 2.69 bits per heavy atom. The van der Waals surface area contributed by atoms with E-state index in [-0.39, 0.29) is 18.3 Å². The molecular formula is C21H17N7O. The molecule has 2 N–H and O–H groups in total. The molecule has 0 atom stereocenters. The molecule has 3 heterocycles. The first-order chi connectivity index (χ1) is 14.2. The van der Waals surface area contributed by atoms with Crippen molar-refractivity contribution in [1.29, 1.82) is 0 Å². The number of anilines is 2. The molecule has 0 saturated heterocycles. The fraction of sp³-hybridized carbons (Fsp3) is 0.0952. The van der Waals surface area contributed by atoms with Crippen molar-refractivity contribution in [2.75, 3.05) is 10.6 Å². The standard InChI is InChI=1S/C21H17N7O/c22-21-24-10-15-9-19(29)27(18-4-2-1-3-17(18)20(15)26-21)11-14-5-7-16(8-6-14)28-13-23-12-25-28/h1-8,10,12-13H,9,11H2,(H2,22,24,26). The van der Waals surface area contributed by atoms with Gasteiger partial charge < -0.3 is 10.6 Å². The molecule has 29 heavy (non-hydrogen) atoms. The monoisotopic (exact) mass is 383 g/mol. The van der Waals surface area contributed by atoms with E-state index in [9.17, 15) is 4.79 Å². The van der Waals surface area contributed by atoms with Gasteiger partial charge in [0.1, 0.15) is 12.7 Å². The molecule has 0 aliphatic carbocycles. The summed E-state index contributed by atoms with van der Waals surface area (Å²) in [6.45, 7) is 0.449. The number of hydrogen-bond donors (Lipinski definition) is 1. The number of fused-ring (bicyclic) bond motifs is 3. The molecule has 0 fully saturated rings. The van der Waals surface area contributed by atoms with Crippen LogP contribution >= 0.6 is 0 Å². The second kappa shape index (κ2) is 6.83. The van der Waals surface area contributed by atoms with Gasteiger partial charge in [0.15, 0.2) is 0 Å². The molecule has 1 amide bonds. The van der Waals surface area contributed by atoms with Gasteiger partial charge in [0, 0.05) is 17.3 Å². The second-order valence-corrected chi connectivity index (χ2v) is 6.78. The number of carbonyl (C=O) groups excluding carboxylic acids is 1. The summed E-state index contributed by atoms with van der Waals surface area (Å²) < 4.78 is 1.69. The number of nitrogens with two attached hydrogens (primary N) is 1.